The molecule has 0 aliphatic rings. The lowest BCUT2D eigenvalue weighted by Crippen LogP contribution is -2.28. The number of aromatic nitrogens is 3. The molecular weight excluding hydrogens is 384 g/mol. The molecule has 2 heterocycles. The molecule has 3 aromatic rings. The number of nitrogens with zero attached hydrogens (tertiary/aromatic N) is 3. The number of thioether (sulfide) groups is 1. The molecule has 0 unspecified atom stereocenters. The number of anilines is 1. The lowest BCUT2D eigenvalue weighted by molar-refractivity contribution is -0.116. The number of carbonyl (C=O) groups is 1. The van der Waals surface area contributed by atoms with Crippen LogP contribution in [0.15, 0.2) is 40.3 Å². The van der Waals surface area contributed by atoms with Crippen molar-refractivity contribution in [1.82, 2.24) is 14.1 Å². The Morgan fingerprint density at radius 1 is 1.21 bits per heavy atom. The van der Waals surface area contributed by atoms with E-state index in [0.717, 1.165) is 17.8 Å². The van der Waals surface area contributed by atoms with Crippen molar-refractivity contribution in [2.24, 2.45) is 5.92 Å². The predicted molar refractivity (Wildman–Crippen MR) is 120 cm³/mol. The number of hydrogen-bond acceptors (Lipinski definition) is 4. The van der Waals surface area contributed by atoms with Crippen molar-refractivity contribution in [2.75, 3.05) is 11.6 Å². The van der Waals surface area contributed by atoms with Crippen molar-refractivity contribution in [2.45, 2.75) is 52.4 Å². The summed E-state index contributed by atoms with van der Waals surface area (Å²) >= 11 is 1.46. The molecule has 2 aromatic heterocycles. The maximum Gasteiger partial charge on any atom is 0.278 e. The number of carbonyl (C=O) groups excluding carboxylic acids is 1. The third-order valence-corrected chi connectivity index (χ3v) is 5.53. The van der Waals surface area contributed by atoms with E-state index in [1.807, 2.05) is 43.5 Å². The molecule has 1 N–H and O–H groups in total. The van der Waals surface area contributed by atoms with E-state index in [2.05, 4.69) is 31.1 Å². The maximum absolute atomic E-state index is 13.2. The fraction of sp³-hybridized carbons (Fsp3) is 0.409. The summed E-state index contributed by atoms with van der Waals surface area (Å²) in [6.45, 7) is 8.80. The zero-order chi connectivity index (χ0) is 21.1. The van der Waals surface area contributed by atoms with Crippen LogP contribution in [0.2, 0.25) is 0 Å². The zero-order valence-corrected chi connectivity index (χ0v) is 18.5. The molecule has 0 saturated heterocycles. The van der Waals surface area contributed by atoms with E-state index in [1.165, 1.54) is 17.3 Å². The summed E-state index contributed by atoms with van der Waals surface area (Å²) in [5.41, 5.74) is 3.84. The Kier molecular flexibility index (Phi) is 6.47. The van der Waals surface area contributed by atoms with E-state index in [0.29, 0.717) is 28.7 Å². The van der Waals surface area contributed by atoms with Gasteiger partial charge in [-0.25, -0.2) is 4.98 Å². The van der Waals surface area contributed by atoms with Crippen LogP contribution in [0.25, 0.3) is 11.0 Å². The molecule has 3 rings (SSSR count). The van der Waals surface area contributed by atoms with Crippen LogP contribution in [0.1, 0.15) is 32.0 Å². The van der Waals surface area contributed by atoms with Crippen LogP contribution in [-0.2, 0) is 24.3 Å². The van der Waals surface area contributed by atoms with E-state index in [-0.39, 0.29) is 18.0 Å². The Hall–Kier alpha value is -2.54. The smallest absolute Gasteiger partial charge is 0.278 e. The van der Waals surface area contributed by atoms with E-state index >= 15 is 0 Å². The third-order valence-electron chi connectivity index (χ3n) is 4.86. The van der Waals surface area contributed by atoms with Gasteiger partial charge in [0.1, 0.15) is 12.1 Å². The van der Waals surface area contributed by atoms with Gasteiger partial charge in [0, 0.05) is 17.9 Å². The van der Waals surface area contributed by atoms with E-state index < -0.39 is 0 Å². The third kappa shape index (κ3) is 4.56. The molecule has 1 aromatic carbocycles. The van der Waals surface area contributed by atoms with Crippen molar-refractivity contribution in [3.8, 4) is 0 Å². The second kappa shape index (κ2) is 8.86. The summed E-state index contributed by atoms with van der Waals surface area (Å²) < 4.78 is 3.48. The van der Waals surface area contributed by atoms with Crippen LogP contribution < -0.4 is 10.9 Å². The van der Waals surface area contributed by atoms with E-state index in [4.69, 9.17) is 0 Å². The lowest BCUT2D eigenvalue weighted by Gasteiger charge is -2.14. The average Bonchev–Trinajstić information content (AvgIpc) is 2.99. The molecule has 0 aliphatic heterocycles. The first-order valence-electron chi connectivity index (χ1n) is 9.87. The molecule has 0 fully saturated rings. The second-order valence-corrected chi connectivity index (χ2v) is 8.39. The quantitative estimate of drug-likeness (QED) is 0.469. The summed E-state index contributed by atoms with van der Waals surface area (Å²) in [5.74, 6) is 0.148. The minimum Gasteiger partial charge on any atom is -0.330 e. The Balaban J connectivity index is 1.94. The van der Waals surface area contributed by atoms with Crippen LogP contribution in [0.4, 0.5) is 5.69 Å². The Morgan fingerprint density at radius 2 is 1.90 bits per heavy atom. The minimum atomic E-state index is -0.168. The summed E-state index contributed by atoms with van der Waals surface area (Å²) in [6.07, 6.45) is 2.88. The SMILES string of the molecule is CCc1ccc(NC(=O)Cn2c(C)cc3nc(SC)n(CC(C)C)c(=O)c32)cc1. The van der Waals surface area contributed by atoms with Gasteiger partial charge in [-0.2, -0.15) is 0 Å². The minimum absolute atomic E-state index is 0.0715. The van der Waals surface area contributed by atoms with Crippen LogP contribution in [0.5, 0.6) is 0 Å². The van der Waals surface area contributed by atoms with Gasteiger partial charge in [-0.15, -0.1) is 0 Å². The van der Waals surface area contributed by atoms with E-state index in [9.17, 15) is 9.59 Å². The van der Waals surface area contributed by atoms with Crippen LogP contribution in [-0.4, -0.2) is 26.3 Å². The highest BCUT2D eigenvalue weighted by Gasteiger charge is 2.18. The molecule has 6 nitrogen and oxygen atoms in total. The normalized spacial score (nSPS) is 11.4. The fourth-order valence-corrected chi connectivity index (χ4v) is 3.97. The monoisotopic (exact) mass is 412 g/mol. The standard InChI is InChI=1S/C22H28N4O2S/c1-6-16-7-9-17(10-8-16)23-19(27)13-25-15(4)11-18-20(25)21(28)26(12-14(2)3)22(24-18)29-5/h7-11,14H,6,12-13H2,1-5H3,(H,23,27). The second-order valence-electron chi connectivity index (χ2n) is 7.61. The number of rotatable bonds is 7. The Bertz CT molecular complexity index is 1080. The number of benzene rings is 1. The first-order valence-corrected chi connectivity index (χ1v) is 11.1. The van der Waals surface area contributed by atoms with Gasteiger partial charge in [0.05, 0.1) is 5.52 Å². The highest BCUT2D eigenvalue weighted by molar-refractivity contribution is 7.98. The number of amides is 1. The molecule has 0 aliphatic carbocycles. The summed E-state index contributed by atoms with van der Waals surface area (Å²) in [4.78, 5) is 30.6. The van der Waals surface area contributed by atoms with Crippen LogP contribution >= 0.6 is 11.8 Å². The Morgan fingerprint density at radius 3 is 2.48 bits per heavy atom. The molecule has 0 bridgehead atoms. The van der Waals surface area contributed by atoms with E-state index in [1.54, 1.807) is 9.13 Å². The highest BCUT2D eigenvalue weighted by Crippen LogP contribution is 2.20. The van der Waals surface area contributed by atoms with Gasteiger partial charge in [-0.3, -0.25) is 14.2 Å². The van der Waals surface area contributed by atoms with Crippen molar-refractivity contribution >= 4 is 34.4 Å². The van der Waals surface area contributed by atoms with Gasteiger partial charge in [-0.1, -0.05) is 44.7 Å². The maximum atomic E-state index is 13.2. The largest absolute Gasteiger partial charge is 0.330 e. The van der Waals surface area contributed by atoms with Gasteiger partial charge >= 0.3 is 0 Å². The summed E-state index contributed by atoms with van der Waals surface area (Å²) in [7, 11) is 0. The van der Waals surface area contributed by atoms with Gasteiger partial charge in [-0.05, 0) is 49.3 Å². The fourth-order valence-electron chi connectivity index (χ4n) is 3.40. The molecular formula is C22H28N4O2S. The molecule has 7 heteroatoms. The number of nitrogens with one attached hydrogen (secondary N) is 1. The molecule has 0 saturated carbocycles. The predicted octanol–water partition coefficient (Wildman–Crippen LogP) is 4.09. The molecule has 0 spiro atoms. The topological polar surface area (TPSA) is 68.9 Å². The van der Waals surface area contributed by atoms with Crippen molar-refractivity contribution < 1.29 is 4.79 Å². The van der Waals surface area contributed by atoms with Crippen molar-refractivity contribution in [3.05, 3.63) is 51.9 Å². The average molecular weight is 413 g/mol. The summed E-state index contributed by atoms with van der Waals surface area (Å²) in [6, 6.07) is 9.69. The number of hydrogen-bond donors (Lipinski definition) is 1. The van der Waals surface area contributed by atoms with Gasteiger partial charge < -0.3 is 9.88 Å². The zero-order valence-electron chi connectivity index (χ0n) is 17.7. The van der Waals surface area contributed by atoms with Gasteiger partial charge in [0.25, 0.3) is 5.56 Å². The van der Waals surface area contributed by atoms with Gasteiger partial charge in [0.2, 0.25) is 5.91 Å². The molecule has 1 amide bonds. The van der Waals surface area contributed by atoms with Crippen molar-refractivity contribution in [1.29, 1.82) is 0 Å². The van der Waals surface area contributed by atoms with Crippen LogP contribution in [0, 0.1) is 12.8 Å². The molecule has 29 heavy (non-hydrogen) atoms. The summed E-state index contributed by atoms with van der Waals surface area (Å²) in [5, 5.41) is 3.62. The number of aryl methyl sites for hydroxylation is 2. The molecule has 0 radical (unpaired) electrons. The Labute approximate surface area is 175 Å². The highest BCUT2D eigenvalue weighted by atomic mass is 32.2. The van der Waals surface area contributed by atoms with Crippen molar-refractivity contribution in [3.63, 3.8) is 0 Å². The first kappa shape index (κ1) is 21.2. The molecule has 0 atom stereocenters. The van der Waals surface area contributed by atoms with Crippen LogP contribution in [0.3, 0.4) is 0 Å². The first-order chi connectivity index (χ1) is 13.8. The number of fused-ring (bicyclic) bond motifs is 1. The lowest BCUT2D eigenvalue weighted by atomic mass is 10.1. The molecule has 154 valence electrons. The van der Waals surface area contributed by atoms with Gasteiger partial charge in [0.15, 0.2) is 5.16 Å².